The maximum Gasteiger partial charge on any atom is 0.251 e. The quantitative estimate of drug-likeness (QED) is 0.0701. The van der Waals surface area contributed by atoms with Crippen molar-refractivity contribution >= 4 is 47.1 Å². The standard InChI is InChI=1S/C33H43ClFN5O3/c1-33(2,3)19-40(4)17-28-24(14-29(34)31(37)27(28)16-36)12-21(18-41)6-5-7-22(10-11-38-20-42)26-13-23-8-9-25(35)15-30(23)39-32(26)43/h8-9,13-16,18,20-22,36H,5-7,10-12,17,19,37H2,1-4H3,(H,38,42)(H,39,43). The number of aromatic nitrogens is 1. The topological polar surface area (TPSA) is 132 Å². The van der Waals surface area contributed by atoms with E-state index in [1.807, 2.05) is 13.1 Å². The molecule has 3 rings (SSSR count). The van der Waals surface area contributed by atoms with Crippen molar-refractivity contribution in [1.82, 2.24) is 15.2 Å². The van der Waals surface area contributed by atoms with Crippen LogP contribution >= 0.6 is 11.6 Å². The molecule has 2 unspecified atom stereocenters. The Morgan fingerprint density at radius 3 is 2.56 bits per heavy atom. The number of hydrogen-bond donors (Lipinski definition) is 4. The fraction of sp³-hybridized carbons (Fsp3) is 0.455. The summed E-state index contributed by atoms with van der Waals surface area (Å²) in [5.41, 5.74) is 9.75. The van der Waals surface area contributed by atoms with Crippen molar-refractivity contribution in [3.8, 4) is 0 Å². The van der Waals surface area contributed by atoms with Crippen LogP contribution in [0.1, 0.15) is 74.6 Å². The molecule has 0 spiro atoms. The third-order valence-electron chi connectivity index (χ3n) is 7.68. The van der Waals surface area contributed by atoms with E-state index in [2.05, 4.69) is 36.0 Å². The number of benzene rings is 2. The number of carbonyl (C=O) groups excluding carboxylic acids is 2. The van der Waals surface area contributed by atoms with Crippen molar-refractivity contribution in [2.45, 2.75) is 65.3 Å². The van der Waals surface area contributed by atoms with Crippen molar-refractivity contribution in [3.05, 3.63) is 73.8 Å². The van der Waals surface area contributed by atoms with Crippen molar-refractivity contribution in [2.24, 2.45) is 11.3 Å². The maximum absolute atomic E-state index is 13.7. The Bertz CT molecular complexity index is 1500. The van der Waals surface area contributed by atoms with Crippen molar-refractivity contribution in [2.75, 3.05) is 25.9 Å². The molecular formula is C33H43ClFN5O3. The molecule has 5 N–H and O–H groups in total. The summed E-state index contributed by atoms with van der Waals surface area (Å²) >= 11 is 6.46. The van der Waals surface area contributed by atoms with Gasteiger partial charge in [0, 0.05) is 42.9 Å². The van der Waals surface area contributed by atoms with Gasteiger partial charge >= 0.3 is 0 Å². The smallest absolute Gasteiger partial charge is 0.251 e. The van der Waals surface area contributed by atoms with Gasteiger partial charge in [-0.05, 0) is 90.9 Å². The van der Waals surface area contributed by atoms with E-state index in [0.29, 0.717) is 79.0 Å². The minimum atomic E-state index is -0.429. The van der Waals surface area contributed by atoms with Gasteiger partial charge in [0.2, 0.25) is 6.41 Å². The van der Waals surface area contributed by atoms with Gasteiger partial charge in [-0.1, -0.05) is 38.8 Å². The van der Waals surface area contributed by atoms with E-state index in [1.165, 1.54) is 18.3 Å². The number of nitrogens with zero attached hydrogens (tertiary/aromatic N) is 1. The maximum atomic E-state index is 13.7. The van der Waals surface area contributed by atoms with Crippen LogP contribution in [-0.2, 0) is 22.6 Å². The lowest BCUT2D eigenvalue weighted by molar-refractivity contribution is -0.111. The molecule has 0 aliphatic rings. The molecule has 0 bridgehead atoms. The summed E-state index contributed by atoms with van der Waals surface area (Å²) in [7, 11) is 2.02. The first-order valence-corrected chi connectivity index (χ1v) is 15.0. The highest BCUT2D eigenvalue weighted by molar-refractivity contribution is 6.33. The fourth-order valence-corrected chi connectivity index (χ4v) is 6.08. The molecule has 1 aromatic heterocycles. The minimum absolute atomic E-state index is 0.0732. The molecule has 10 heteroatoms. The lowest BCUT2D eigenvalue weighted by Crippen LogP contribution is -2.30. The molecule has 0 aliphatic carbocycles. The van der Waals surface area contributed by atoms with Crippen LogP contribution in [0.3, 0.4) is 0 Å². The van der Waals surface area contributed by atoms with Crippen molar-refractivity contribution in [1.29, 1.82) is 5.41 Å². The summed E-state index contributed by atoms with van der Waals surface area (Å²) in [6.07, 6.45) is 5.67. The number of halogens is 2. The Balaban J connectivity index is 1.81. The molecule has 8 nitrogen and oxygen atoms in total. The van der Waals surface area contributed by atoms with Gasteiger partial charge < -0.3 is 31.1 Å². The fourth-order valence-electron chi connectivity index (χ4n) is 5.84. The Morgan fingerprint density at radius 2 is 1.91 bits per heavy atom. The van der Waals surface area contributed by atoms with Crippen molar-refractivity contribution in [3.63, 3.8) is 0 Å². The third-order valence-corrected chi connectivity index (χ3v) is 7.99. The van der Waals surface area contributed by atoms with E-state index in [1.54, 1.807) is 12.1 Å². The molecule has 1 heterocycles. The summed E-state index contributed by atoms with van der Waals surface area (Å²) in [5, 5.41) is 11.8. The van der Waals surface area contributed by atoms with Crippen LogP contribution in [0.15, 0.2) is 35.1 Å². The molecule has 0 radical (unpaired) electrons. The summed E-state index contributed by atoms with van der Waals surface area (Å²) in [4.78, 5) is 41.1. The number of nitrogens with two attached hydrogens (primary N) is 1. The van der Waals surface area contributed by atoms with Gasteiger partial charge in [0.25, 0.3) is 5.56 Å². The first-order chi connectivity index (χ1) is 20.4. The average molecular weight is 612 g/mol. The number of pyridine rings is 1. The van der Waals surface area contributed by atoms with Crippen LogP contribution in [0.25, 0.3) is 10.9 Å². The third kappa shape index (κ3) is 9.46. The van der Waals surface area contributed by atoms with Crippen LogP contribution in [0.4, 0.5) is 10.1 Å². The molecule has 43 heavy (non-hydrogen) atoms. The number of rotatable bonds is 16. The monoisotopic (exact) mass is 611 g/mol. The van der Waals surface area contributed by atoms with Gasteiger partial charge in [-0.25, -0.2) is 4.39 Å². The Morgan fingerprint density at radius 1 is 1.16 bits per heavy atom. The van der Waals surface area contributed by atoms with Gasteiger partial charge in [0.1, 0.15) is 12.1 Å². The predicted octanol–water partition coefficient (Wildman–Crippen LogP) is 5.83. The Hall–Kier alpha value is -3.56. The number of amides is 1. The van der Waals surface area contributed by atoms with E-state index >= 15 is 0 Å². The molecule has 0 saturated carbocycles. The number of anilines is 1. The van der Waals surface area contributed by atoms with Crippen LogP contribution in [0, 0.1) is 22.6 Å². The summed E-state index contributed by atoms with van der Waals surface area (Å²) < 4.78 is 13.7. The molecule has 2 aromatic carbocycles. The number of carbonyl (C=O) groups is 2. The highest BCUT2D eigenvalue weighted by Gasteiger charge is 2.22. The SMILES string of the molecule is CN(Cc1c(CC(C=O)CCCC(CCNC=O)c2cc3ccc(F)cc3[nH]c2=O)cc(Cl)c(N)c1C=N)CC(C)(C)C. The summed E-state index contributed by atoms with van der Waals surface area (Å²) in [6.45, 7) is 8.27. The van der Waals surface area contributed by atoms with E-state index in [9.17, 15) is 18.8 Å². The second-order valence-corrected chi connectivity index (χ2v) is 13.0. The molecule has 3 aromatic rings. The van der Waals surface area contributed by atoms with Gasteiger partial charge in [0.05, 0.1) is 16.2 Å². The van der Waals surface area contributed by atoms with Crippen LogP contribution in [0.5, 0.6) is 0 Å². The summed E-state index contributed by atoms with van der Waals surface area (Å²) in [5.74, 6) is -0.909. The summed E-state index contributed by atoms with van der Waals surface area (Å²) in [6, 6.07) is 7.87. The molecular weight excluding hydrogens is 569 g/mol. The molecule has 2 atom stereocenters. The van der Waals surface area contributed by atoms with Crippen molar-refractivity contribution < 1.29 is 14.0 Å². The Kier molecular flexibility index (Phi) is 12.0. The van der Waals surface area contributed by atoms with Gasteiger partial charge in [-0.2, -0.15) is 0 Å². The van der Waals surface area contributed by atoms with Crippen LogP contribution in [0.2, 0.25) is 5.02 Å². The average Bonchev–Trinajstić information content (AvgIpc) is 2.93. The molecule has 1 amide bonds. The number of H-pyrrole nitrogens is 1. The number of nitrogen functional groups attached to an aromatic ring is 1. The minimum Gasteiger partial charge on any atom is -0.397 e. The second-order valence-electron chi connectivity index (χ2n) is 12.6. The zero-order valence-electron chi connectivity index (χ0n) is 25.4. The van der Waals surface area contributed by atoms with E-state index < -0.39 is 5.82 Å². The predicted molar refractivity (Wildman–Crippen MR) is 173 cm³/mol. The molecule has 0 aliphatic heterocycles. The van der Waals surface area contributed by atoms with E-state index in [0.717, 1.165) is 29.3 Å². The first kappa shape index (κ1) is 33.9. The molecule has 232 valence electrons. The molecule has 0 fully saturated rings. The van der Waals surface area contributed by atoms with Crippen LogP contribution in [-0.4, -0.2) is 48.9 Å². The van der Waals surface area contributed by atoms with Gasteiger partial charge in [0.15, 0.2) is 0 Å². The number of fused-ring (bicyclic) bond motifs is 1. The number of hydrogen-bond acceptors (Lipinski definition) is 6. The van der Waals surface area contributed by atoms with Gasteiger partial charge in [-0.15, -0.1) is 0 Å². The number of nitrogens with one attached hydrogen (secondary N) is 3. The lowest BCUT2D eigenvalue weighted by atomic mass is 9.86. The lowest BCUT2D eigenvalue weighted by Gasteiger charge is -2.28. The number of aromatic amines is 1. The second kappa shape index (κ2) is 15.3. The van der Waals surface area contributed by atoms with E-state index in [-0.39, 0.29) is 22.8 Å². The van der Waals surface area contributed by atoms with Crippen LogP contribution < -0.4 is 16.6 Å². The normalized spacial score (nSPS) is 13.2. The van der Waals surface area contributed by atoms with Gasteiger partial charge in [-0.3, -0.25) is 9.59 Å². The highest BCUT2D eigenvalue weighted by atomic mass is 35.5. The zero-order chi connectivity index (χ0) is 31.7. The zero-order valence-corrected chi connectivity index (χ0v) is 26.2. The molecule has 0 saturated heterocycles. The Labute approximate surface area is 257 Å². The first-order valence-electron chi connectivity index (χ1n) is 14.6. The van der Waals surface area contributed by atoms with E-state index in [4.69, 9.17) is 22.7 Å². The number of aldehydes is 1. The highest BCUT2D eigenvalue weighted by Crippen LogP contribution is 2.32. The largest absolute Gasteiger partial charge is 0.397 e.